The lowest BCUT2D eigenvalue weighted by Crippen LogP contribution is -2.52. The molecule has 0 bridgehead atoms. The van der Waals surface area contributed by atoms with Crippen LogP contribution in [-0.2, 0) is 19.1 Å². The summed E-state index contributed by atoms with van der Waals surface area (Å²) in [5.74, 6) is -1.04. The van der Waals surface area contributed by atoms with Gasteiger partial charge in [-0.15, -0.1) is 0 Å². The van der Waals surface area contributed by atoms with E-state index in [0.29, 0.717) is 51.9 Å². The highest BCUT2D eigenvalue weighted by Gasteiger charge is 2.33. The number of amides is 2. The maximum atomic E-state index is 12.5. The van der Waals surface area contributed by atoms with Gasteiger partial charge in [-0.3, -0.25) is 14.4 Å². The molecule has 1 heterocycles. The summed E-state index contributed by atoms with van der Waals surface area (Å²) >= 11 is 0. The minimum Gasteiger partial charge on any atom is -0.481 e. The highest BCUT2D eigenvalue weighted by molar-refractivity contribution is 5.81. The number of methoxy groups -OCH3 is 1. The minimum atomic E-state index is -0.754. The molecule has 0 atom stereocenters. The second-order valence-electron chi connectivity index (χ2n) is 6.03. The molecule has 0 radical (unpaired) electrons. The van der Waals surface area contributed by atoms with Gasteiger partial charge in [0.2, 0.25) is 11.8 Å². The molecule has 2 amide bonds. The van der Waals surface area contributed by atoms with Gasteiger partial charge in [0.15, 0.2) is 0 Å². The van der Waals surface area contributed by atoms with Gasteiger partial charge in [-0.2, -0.15) is 0 Å². The number of rotatable bonds is 4. The molecule has 1 aliphatic heterocycles. The van der Waals surface area contributed by atoms with Crippen LogP contribution in [0.1, 0.15) is 25.7 Å². The van der Waals surface area contributed by atoms with Crippen LogP contribution in [0.5, 0.6) is 0 Å². The van der Waals surface area contributed by atoms with Gasteiger partial charge in [0.05, 0.1) is 5.92 Å². The molecule has 0 unspecified atom stereocenters. The Kier molecular flexibility index (Phi) is 5.76. The number of carboxylic acids is 1. The predicted molar refractivity (Wildman–Crippen MR) is 78.1 cm³/mol. The maximum absolute atomic E-state index is 12.5. The van der Waals surface area contributed by atoms with Crippen LogP contribution in [0.15, 0.2) is 0 Å². The summed E-state index contributed by atoms with van der Waals surface area (Å²) in [7, 11) is 1.49. The van der Waals surface area contributed by atoms with Crippen LogP contribution in [0.25, 0.3) is 0 Å². The van der Waals surface area contributed by atoms with E-state index >= 15 is 0 Å². The van der Waals surface area contributed by atoms with Crippen LogP contribution in [-0.4, -0.2) is 72.6 Å². The van der Waals surface area contributed by atoms with Crippen molar-refractivity contribution in [1.82, 2.24) is 9.80 Å². The number of ether oxygens (including phenoxy) is 1. The molecule has 22 heavy (non-hydrogen) atoms. The van der Waals surface area contributed by atoms with Crippen molar-refractivity contribution in [3.05, 3.63) is 0 Å². The SMILES string of the molecule is COCC(=O)N1CCN(C(=O)C2CCC(C(=O)O)CC2)CC1. The first-order valence-corrected chi connectivity index (χ1v) is 7.81. The standard InChI is InChI=1S/C15H24N2O5/c1-22-10-13(18)16-6-8-17(9-7-16)14(19)11-2-4-12(5-3-11)15(20)21/h11-12H,2-10H2,1H3,(H,20,21). The minimum absolute atomic E-state index is 0.0448. The van der Waals surface area contributed by atoms with E-state index < -0.39 is 5.97 Å². The Hall–Kier alpha value is -1.63. The lowest BCUT2D eigenvalue weighted by Gasteiger charge is -2.37. The Balaban J connectivity index is 1.78. The molecule has 0 spiro atoms. The topological polar surface area (TPSA) is 87.2 Å². The van der Waals surface area contributed by atoms with Crippen LogP contribution >= 0.6 is 0 Å². The first-order valence-electron chi connectivity index (χ1n) is 7.81. The van der Waals surface area contributed by atoms with Crippen molar-refractivity contribution in [2.24, 2.45) is 11.8 Å². The lowest BCUT2D eigenvalue weighted by atomic mass is 9.81. The second-order valence-corrected chi connectivity index (χ2v) is 6.03. The largest absolute Gasteiger partial charge is 0.481 e. The van der Waals surface area contributed by atoms with E-state index in [1.165, 1.54) is 7.11 Å². The predicted octanol–water partition coefficient (Wildman–Crippen LogP) is 0.195. The molecule has 1 saturated carbocycles. The molecule has 2 fully saturated rings. The third-order valence-corrected chi connectivity index (χ3v) is 4.64. The highest BCUT2D eigenvalue weighted by Crippen LogP contribution is 2.30. The molecule has 2 aliphatic rings. The molecule has 7 heteroatoms. The summed E-state index contributed by atoms with van der Waals surface area (Å²) in [5, 5.41) is 8.99. The molecular weight excluding hydrogens is 288 g/mol. The van der Waals surface area contributed by atoms with E-state index in [0.717, 1.165) is 0 Å². The summed E-state index contributed by atoms with van der Waals surface area (Å²) in [5.41, 5.74) is 0. The van der Waals surface area contributed by atoms with E-state index in [9.17, 15) is 14.4 Å². The number of aliphatic carboxylic acids is 1. The Morgan fingerprint density at radius 2 is 1.45 bits per heavy atom. The monoisotopic (exact) mass is 312 g/mol. The first kappa shape index (κ1) is 16.7. The molecule has 0 aromatic heterocycles. The van der Waals surface area contributed by atoms with Crippen molar-refractivity contribution < 1.29 is 24.2 Å². The van der Waals surface area contributed by atoms with E-state index in [1.54, 1.807) is 4.90 Å². The van der Waals surface area contributed by atoms with Gasteiger partial charge >= 0.3 is 5.97 Å². The van der Waals surface area contributed by atoms with E-state index in [1.807, 2.05) is 4.90 Å². The summed E-state index contributed by atoms with van der Waals surface area (Å²) in [6.45, 7) is 2.25. The highest BCUT2D eigenvalue weighted by atomic mass is 16.5. The zero-order valence-electron chi connectivity index (χ0n) is 13.0. The molecule has 0 aromatic rings. The number of piperazine rings is 1. The van der Waals surface area contributed by atoms with Gasteiger partial charge in [-0.25, -0.2) is 0 Å². The van der Waals surface area contributed by atoms with E-state index in [4.69, 9.17) is 9.84 Å². The Bertz CT molecular complexity index is 424. The van der Waals surface area contributed by atoms with Crippen LogP contribution in [0.2, 0.25) is 0 Å². The van der Waals surface area contributed by atoms with Crippen molar-refractivity contribution in [2.45, 2.75) is 25.7 Å². The summed E-state index contributed by atoms with van der Waals surface area (Å²) in [6.07, 6.45) is 2.47. The fourth-order valence-electron chi connectivity index (χ4n) is 3.24. The first-order chi connectivity index (χ1) is 10.5. The number of hydrogen-bond donors (Lipinski definition) is 1. The third kappa shape index (κ3) is 3.97. The van der Waals surface area contributed by atoms with Crippen LogP contribution in [0.3, 0.4) is 0 Å². The summed E-state index contributed by atoms with van der Waals surface area (Å²) in [4.78, 5) is 38.7. The fraction of sp³-hybridized carbons (Fsp3) is 0.800. The molecule has 1 N–H and O–H groups in total. The van der Waals surface area contributed by atoms with Gasteiger partial charge in [-0.05, 0) is 25.7 Å². The van der Waals surface area contributed by atoms with Crippen LogP contribution in [0, 0.1) is 11.8 Å². The average molecular weight is 312 g/mol. The summed E-state index contributed by atoms with van der Waals surface area (Å²) in [6, 6.07) is 0. The third-order valence-electron chi connectivity index (χ3n) is 4.64. The molecule has 124 valence electrons. The van der Waals surface area contributed by atoms with Gasteiger partial charge in [0.25, 0.3) is 0 Å². The molecular formula is C15H24N2O5. The Morgan fingerprint density at radius 3 is 1.95 bits per heavy atom. The smallest absolute Gasteiger partial charge is 0.306 e. The molecule has 1 aliphatic carbocycles. The zero-order valence-corrected chi connectivity index (χ0v) is 13.0. The summed E-state index contributed by atoms with van der Waals surface area (Å²) < 4.78 is 4.84. The number of carbonyl (C=O) groups is 3. The van der Waals surface area contributed by atoms with Gasteiger partial charge in [0.1, 0.15) is 6.61 Å². The molecule has 0 aromatic carbocycles. The Labute approximate surface area is 130 Å². The van der Waals surface area contributed by atoms with Crippen molar-refractivity contribution in [1.29, 1.82) is 0 Å². The lowest BCUT2D eigenvalue weighted by molar-refractivity contribution is -0.147. The van der Waals surface area contributed by atoms with Gasteiger partial charge < -0.3 is 19.6 Å². The normalized spacial score (nSPS) is 25.9. The Morgan fingerprint density at radius 1 is 0.955 bits per heavy atom. The number of nitrogens with zero attached hydrogens (tertiary/aromatic N) is 2. The van der Waals surface area contributed by atoms with Crippen molar-refractivity contribution in [3.8, 4) is 0 Å². The molecule has 1 saturated heterocycles. The van der Waals surface area contributed by atoms with Crippen LogP contribution in [0.4, 0.5) is 0 Å². The van der Waals surface area contributed by atoms with Crippen molar-refractivity contribution >= 4 is 17.8 Å². The number of hydrogen-bond acceptors (Lipinski definition) is 4. The van der Waals surface area contributed by atoms with Crippen molar-refractivity contribution in [2.75, 3.05) is 39.9 Å². The molecule has 7 nitrogen and oxygen atoms in total. The maximum Gasteiger partial charge on any atom is 0.306 e. The molecule has 2 rings (SSSR count). The number of carbonyl (C=O) groups excluding carboxylic acids is 2. The second kappa shape index (κ2) is 7.58. The van der Waals surface area contributed by atoms with Crippen molar-refractivity contribution in [3.63, 3.8) is 0 Å². The fourth-order valence-corrected chi connectivity index (χ4v) is 3.24. The van der Waals surface area contributed by atoms with Gasteiger partial charge in [-0.1, -0.05) is 0 Å². The quantitative estimate of drug-likeness (QED) is 0.801. The van der Waals surface area contributed by atoms with Gasteiger partial charge in [0, 0.05) is 39.2 Å². The van der Waals surface area contributed by atoms with Crippen LogP contribution < -0.4 is 0 Å². The van der Waals surface area contributed by atoms with E-state index in [-0.39, 0.29) is 30.3 Å². The zero-order chi connectivity index (χ0) is 16.1. The average Bonchev–Trinajstić information content (AvgIpc) is 2.54. The number of carboxylic acid groups (broad SMARTS) is 1. The van der Waals surface area contributed by atoms with E-state index in [2.05, 4.69) is 0 Å².